The summed E-state index contributed by atoms with van der Waals surface area (Å²) in [7, 11) is 1.41. The van der Waals surface area contributed by atoms with Gasteiger partial charge in [-0.25, -0.2) is 0 Å². The van der Waals surface area contributed by atoms with E-state index >= 15 is 0 Å². The Morgan fingerprint density at radius 1 is 1.05 bits per heavy atom. The number of carbonyl (C=O) groups excluding carboxylic acids is 1. The van der Waals surface area contributed by atoms with Gasteiger partial charge in [0.05, 0.1) is 20.0 Å². The van der Waals surface area contributed by atoms with E-state index in [1.54, 1.807) is 22.7 Å². The van der Waals surface area contributed by atoms with Gasteiger partial charge in [0, 0.05) is 9.75 Å². The van der Waals surface area contributed by atoms with Crippen molar-refractivity contribution >= 4 is 34.6 Å². The number of ether oxygens (including phenoxy) is 1. The van der Waals surface area contributed by atoms with Crippen LogP contribution in [0.3, 0.4) is 0 Å². The van der Waals surface area contributed by atoms with Crippen molar-refractivity contribution in [3.8, 4) is 0 Å². The van der Waals surface area contributed by atoms with Gasteiger partial charge in [-0.1, -0.05) is 12.1 Å². The fourth-order valence-electron chi connectivity index (χ4n) is 1.47. The van der Waals surface area contributed by atoms with E-state index in [9.17, 15) is 9.59 Å². The Morgan fingerprint density at radius 3 is 1.95 bits per heavy atom. The van der Waals surface area contributed by atoms with Crippen molar-refractivity contribution in [3.63, 3.8) is 0 Å². The lowest BCUT2D eigenvalue weighted by molar-refractivity contribution is -0.140. The molecule has 4 nitrogen and oxygen atoms in total. The third kappa shape index (κ3) is 8.27. The van der Waals surface area contributed by atoms with Crippen LogP contribution in [0, 0.1) is 0 Å². The number of carboxylic acids is 1. The summed E-state index contributed by atoms with van der Waals surface area (Å²) in [6.07, 6.45) is 2.18. The number of carboxylic acid groups (broad SMARTS) is 1. The number of rotatable bonds is 6. The summed E-state index contributed by atoms with van der Waals surface area (Å²) >= 11 is 3.27. The van der Waals surface area contributed by atoms with Crippen LogP contribution in [0.4, 0.5) is 0 Å². The quantitative estimate of drug-likeness (QED) is 0.824. The maximum atomic E-state index is 10.7. The zero-order chi connectivity index (χ0) is 15.5. The Balaban J connectivity index is 0.000000211. The first-order chi connectivity index (χ1) is 10.1. The highest BCUT2D eigenvalue weighted by atomic mass is 32.1. The Bertz CT molecular complexity index is 518. The second-order valence-corrected chi connectivity index (χ2v) is 6.19. The maximum Gasteiger partial charge on any atom is 0.305 e. The highest BCUT2D eigenvalue weighted by Gasteiger charge is 2.00. The molecule has 2 aromatic rings. The topological polar surface area (TPSA) is 63.6 Å². The minimum atomic E-state index is -0.728. The molecule has 0 aliphatic heterocycles. The molecule has 6 heteroatoms. The summed E-state index contributed by atoms with van der Waals surface area (Å²) in [4.78, 5) is 23.2. The van der Waals surface area contributed by atoms with E-state index in [0.717, 1.165) is 11.3 Å². The number of aryl methyl sites for hydroxylation is 2. The summed E-state index contributed by atoms with van der Waals surface area (Å²) in [6, 6.07) is 7.89. The molecular weight excluding hydrogens is 308 g/mol. The van der Waals surface area contributed by atoms with Gasteiger partial charge in [0.2, 0.25) is 0 Å². The number of thiophene rings is 2. The number of hydrogen-bond acceptors (Lipinski definition) is 5. The van der Waals surface area contributed by atoms with Crippen molar-refractivity contribution in [2.45, 2.75) is 25.7 Å². The van der Waals surface area contributed by atoms with E-state index < -0.39 is 5.97 Å². The maximum absolute atomic E-state index is 10.7. The largest absolute Gasteiger partial charge is 0.481 e. The molecule has 114 valence electrons. The smallest absolute Gasteiger partial charge is 0.305 e. The van der Waals surface area contributed by atoms with Crippen LogP contribution in [-0.2, 0) is 27.2 Å². The van der Waals surface area contributed by atoms with E-state index in [0.29, 0.717) is 12.8 Å². The van der Waals surface area contributed by atoms with Crippen LogP contribution in [0.15, 0.2) is 35.0 Å². The molecule has 2 heterocycles. The summed E-state index contributed by atoms with van der Waals surface area (Å²) in [5, 5.41) is 12.3. The first kappa shape index (κ1) is 17.4. The van der Waals surface area contributed by atoms with Gasteiger partial charge in [-0.2, -0.15) is 0 Å². The fraction of sp³-hybridized carbons (Fsp3) is 0.333. The van der Waals surface area contributed by atoms with Gasteiger partial charge in [0.1, 0.15) is 0 Å². The highest BCUT2D eigenvalue weighted by molar-refractivity contribution is 7.10. The highest BCUT2D eigenvalue weighted by Crippen LogP contribution is 2.11. The van der Waals surface area contributed by atoms with Crippen LogP contribution in [0.1, 0.15) is 22.6 Å². The van der Waals surface area contributed by atoms with Gasteiger partial charge < -0.3 is 9.84 Å². The molecule has 0 unspecified atom stereocenters. The Morgan fingerprint density at radius 2 is 1.57 bits per heavy atom. The van der Waals surface area contributed by atoms with Gasteiger partial charge in [0.15, 0.2) is 0 Å². The molecule has 0 bridgehead atoms. The van der Waals surface area contributed by atoms with E-state index in [4.69, 9.17) is 5.11 Å². The van der Waals surface area contributed by atoms with Crippen LogP contribution >= 0.6 is 22.7 Å². The lowest BCUT2D eigenvalue weighted by atomic mass is 10.3. The summed E-state index contributed by atoms with van der Waals surface area (Å²) < 4.78 is 4.51. The number of carbonyl (C=O) groups is 2. The van der Waals surface area contributed by atoms with Crippen LogP contribution < -0.4 is 0 Å². The van der Waals surface area contributed by atoms with Crippen molar-refractivity contribution in [2.75, 3.05) is 7.11 Å². The van der Waals surface area contributed by atoms with Crippen molar-refractivity contribution in [1.82, 2.24) is 0 Å². The van der Waals surface area contributed by atoms with Gasteiger partial charge >= 0.3 is 11.9 Å². The molecular formula is C15H18O4S2. The Labute approximate surface area is 132 Å². The second kappa shape index (κ2) is 10.1. The second-order valence-electron chi connectivity index (χ2n) is 4.13. The third-order valence-electron chi connectivity index (χ3n) is 2.55. The summed E-state index contributed by atoms with van der Waals surface area (Å²) in [5.74, 6) is -0.869. The van der Waals surface area contributed by atoms with Crippen LogP contribution in [-0.4, -0.2) is 24.2 Å². The first-order valence-electron chi connectivity index (χ1n) is 6.45. The zero-order valence-corrected chi connectivity index (χ0v) is 13.4. The van der Waals surface area contributed by atoms with Crippen molar-refractivity contribution in [3.05, 3.63) is 44.8 Å². The normalized spacial score (nSPS) is 9.57. The minimum Gasteiger partial charge on any atom is -0.481 e. The molecule has 0 atom stereocenters. The molecule has 0 amide bonds. The molecule has 1 N–H and O–H groups in total. The van der Waals surface area contributed by atoms with Gasteiger partial charge in [-0.3, -0.25) is 9.59 Å². The molecule has 0 saturated heterocycles. The fourth-order valence-corrected chi connectivity index (χ4v) is 2.89. The van der Waals surface area contributed by atoms with Crippen molar-refractivity contribution in [1.29, 1.82) is 0 Å². The molecule has 0 spiro atoms. The minimum absolute atomic E-state index is 0.140. The lowest BCUT2D eigenvalue weighted by Gasteiger charge is -1.95. The summed E-state index contributed by atoms with van der Waals surface area (Å²) in [6.45, 7) is 0. The van der Waals surface area contributed by atoms with E-state index in [1.165, 1.54) is 12.0 Å². The molecule has 2 rings (SSSR count). The Hall–Kier alpha value is -1.66. The predicted molar refractivity (Wildman–Crippen MR) is 84.9 cm³/mol. The Kier molecular flexibility index (Phi) is 8.38. The standard InChI is InChI=1S/C8H10O2S.C7H8O2S/c1-10-8(9)5-4-7-3-2-6-11-7;8-7(9)4-3-6-2-1-5-10-6/h2-3,6H,4-5H2,1H3;1-2,5H,3-4H2,(H,8,9). The van der Waals surface area contributed by atoms with Crippen molar-refractivity contribution in [2.24, 2.45) is 0 Å². The van der Waals surface area contributed by atoms with Crippen LogP contribution in [0.2, 0.25) is 0 Å². The van der Waals surface area contributed by atoms with E-state index in [1.807, 2.05) is 35.0 Å². The molecule has 0 aliphatic carbocycles. The molecule has 21 heavy (non-hydrogen) atoms. The predicted octanol–water partition coefficient (Wildman–Crippen LogP) is 3.62. The number of methoxy groups -OCH3 is 1. The average Bonchev–Trinajstić information content (AvgIpc) is 3.16. The summed E-state index contributed by atoms with van der Waals surface area (Å²) in [5.41, 5.74) is 0. The van der Waals surface area contributed by atoms with E-state index in [2.05, 4.69) is 4.74 Å². The molecule has 0 aliphatic rings. The van der Waals surface area contributed by atoms with E-state index in [-0.39, 0.29) is 12.4 Å². The lowest BCUT2D eigenvalue weighted by Crippen LogP contribution is -2.00. The number of esters is 1. The monoisotopic (exact) mass is 326 g/mol. The third-order valence-corrected chi connectivity index (χ3v) is 4.42. The molecule has 0 fully saturated rings. The SMILES string of the molecule is COC(=O)CCc1cccs1.O=C(O)CCc1cccs1. The molecule has 0 aromatic carbocycles. The zero-order valence-electron chi connectivity index (χ0n) is 11.8. The number of hydrogen-bond donors (Lipinski definition) is 1. The van der Waals surface area contributed by atoms with Crippen LogP contribution in [0.25, 0.3) is 0 Å². The average molecular weight is 326 g/mol. The van der Waals surface area contributed by atoms with Crippen LogP contribution in [0.5, 0.6) is 0 Å². The molecule has 0 radical (unpaired) electrons. The van der Waals surface area contributed by atoms with Gasteiger partial charge in [0.25, 0.3) is 0 Å². The molecule has 0 saturated carbocycles. The van der Waals surface area contributed by atoms with Gasteiger partial charge in [-0.05, 0) is 35.7 Å². The first-order valence-corrected chi connectivity index (χ1v) is 8.21. The van der Waals surface area contributed by atoms with Crippen molar-refractivity contribution < 1.29 is 19.4 Å². The number of aliphatic carboxylic acids is 1. The molecule has 2 aromatic heterocycles. The van der Waals surface area contributed by atoms with Gasteiger partial charge in [-0.15, -0.1) is 22.7 Å².